The Labute approximate surface area is 232 Å². The number of anilines is 2. The second-order valence-electron chi connectivity index (χ2n) is 8.71. The summed E-state index contributed by atoms with van der Waals surface area (Å²) in [4.78, 5) is 21.0. The Morgan fingerprint density at radius 3 is 2.45 bits per heavy atom. The number of hydrogen-bond acceptors (Lipinski definition) is 7. The van der Waals surface area contributed by atoms with Gasteiger partial charge in [-0.25, -0.2) is 27.4 Å². The van der Waals surface area contributed by atoms with E-state index in [-0.39, 0.29) is 19.6 Å². The van der Waals surface area contributed by atoms with Crippen LogP contribution in [0.1, 0.15) is 41.2 Å². The molecule has 0 spiro atoms. The molecule has 3 aromatic rings. The highest BCUT2D eigenvalue weighted by Gasteiger charge is 2.31. The number of carbonyl (C=O) groups excluding carboxylic acids is 1. The van der Waals surface area contributed by atoms with Crippen LogP contribution in [0.5, 0.6) is 0 Å². The molecule has 0 bridgehead atoms. The monoisotopic (exact) mass is 658 g/mol. The summed E-state index contributed by atoms with van der Waals surface area (Å²) in [6, 6.07) is 9.51. The van der Waals surface area contributed by atoms with E-state index in [1.165, 1.54) is 24.5 Å². The van der Waals surface area contributed by atoms with Crippen LogP contribution >= 0.6 is 22.6 Å². The maximum atomic E-state index is 15.4. The number of hydrogen-bond donors (Lipinski definition) is 4. The minimum atomic E-state index is -4.70. The molecular formula is C25H25F2IN4O5S. The van der Waals surface area contributed by atoms with Crippen molar-refractivity contribution in [1.82, 2.24) is 15.2 Å². The van der Waals surface area contributed by atoms with Crippen molar-refractivity contribution >= 4 is 49.9 Å². The van der Waals surface area contributed by atoms with Crippen LogP contribution in [-0.4, -0.2) is 37.6 Å². The van der Waals surface area contributed by atoms with E-state index < -0.39 is 49.8 Å². The number of amides is 1. The highest BCUT2D eigenvalue weighted by Crippen LogP contribution is 2.33. The van der Waals surface area contributed by atoms with Gasteiger partial charge in [0.05, 0.1) is 17.9 Å². The fraction of sp³-hybridized carbons (Fsp3) is 0.280. The SMILES string of the molecule is O=C(NOCC1CC1)c1cc(S(=O)(=O)NC(CCO)c2ccncc2)c(F)c(F)c1Nc1ccc(I)cc1. The Morgan fingerprint density at radius 2 is 1.82 bits per heavy atom. The zero-order valence-corrected chi connectivity index (χ0v) is 22.9. The van der Waals surface area contributed by atoms with Gasteiger partial charge < -0.3 is 10.4 Å². The van der Waals surface area contributed by atoms with Gasteiger partial charge in [-0.05, 0) is 95.8 Å². The number of halogens is 3. The number of pyridine rings is 1. The molecule has 4 rings (SSSR count). The van der Waals surface area contributed by atoms with Crippen LogP contribution in [0.3, 0.4) is 0 Å². The molecule has 1 amide bonds. The van der Waals surface area contributed by atoms with Gasteiger partial charge in [-0.1, -0.05) is 0 Å². The fourth-order valence-electron chi connectivity index (χ4n) is 3.61. The maximum Gasteiger partial charge on any atom is 0.277 e. The van der Waals surface area contributed by atoms with E-state index in [2.05, 4.69) is 43.1 Å². The summed E-state index contributed by atoms with van der Waals surface area (Å²) < 4.78 is 60.5. The van der Waals surface area contributed by atoms with Crippen molar-refractivity contribution in [3.63, 3.8) is 0 Å². The lowest BCUT2D eigenvalue weighted by Gasteiger charge is -2.20. The largest absolute Gasteiger partial charge is 0.396 e. The highest BCUT2D eigenvalue weighted by atomic mass is 127. The number of hydroxylamine groups is 1. The first-order chi connectivity index (χ1) is 18.2. The van der Waals surface area contributed by atoms with E-state index in [0.717, 1.165) is 22.5 Å². The van der Waals surface area contributed by atoms with E-state index in [0.29, 0.717) is 17.2 Å². The molecule has 1 aromatic heterocycles. The molecule has 1 aliphatic carbocycles. The molecule has 1 atom stereocenters. The predicted molar refractivity (Wildman–Crippen MR) is 144 cm³/mol. The third kappa shape index (κ3) is 7.02. The molecule has 9 nitrogen and oxygen atoms in total. The number of aromatic nitrogens is 1. The summed E-state index contributed by atoms with van der Waals surface area (Å²) in [7, 11) is -4.70. The Bertz CT molecular complexity index is 1390. The molecule has 0 aliphatic heterocycles. The Balaban J connectivity index is 1.72. The number of nitrogens with one attached hydrogen (secondary N) is 3. The van der Waals surface area contributed by atoms with Crippen LogP contribution in [0.15, 0.2) is 59.8 Å². The van der Waals surface area contributed by atoms with Gasteiger partial charge in [0.25, 0.3) is 5.91 Å². The van der Waals surface area contributed by atoms with Crippen molar-refractivity contribution in [2.24, 2.45) is 5.92 Å². The standard InChI is InChI=1S/C25H25F2IN4O5S/c26-22-21(38(35,36)32-20(9-12-33)16-7-10-29-11-8-16)13-19(25(34)31-37-14-15-1-2-15)24(23(22)27)30-18-5-3-17(28)4-6-18/h3-8,10-11,13,15,20,30,32-33H,1-2,9,12,14H2,(H,31,34). The van der Waals surface area contributed by atoms with Crippen LogP contribution in [0.4, 0.5) is 20.2 Å². The van der Waals surface area contributed by atoms with Crippen LogP contribution in [0, 0.1) is 21.1 Å². The smallest absolute Gasteiger partial charge is 0.277 e. The van der Waals surface area contributed by atoms with E-state index in [9.17, 15) is 18.3 Å². The lowest BCUT2D eigenvalue weighted by atomic mass is 10.1. The molecule has 13 heteroatoms. The molecule has 1 saturated carbocycles. The molecule has 1 heterocycles. The van der Waals surface area contributed by atoms with Gasteiger partial charge in [0.2, 0.25) is 10.0 Å². The molecule has 4 N–H and O–H groups in total. The summed E-state index contributed by atoms with van der Waals surface area (Å²) in [5.41, 5.74) is 1.99. The van der Waals surface area contributed by atoms with Gasteiger partial charge in [-0.3, -0.25) is 14.6 Å². The van der Waals surface area contributed by atoms with Gasteiger partial charge in [-0.2, -0.15) is 0 Å². The first-order valence-electron chi connectivity index (χ1n) is 11.7. The van der Waals surface area contributed by atoms with Crippen LogP contribution in [-0.2, 0) is 14.9 Å². The fourth-order valence-corrected chi connectivity index (χ4v) is 5.32. The molecular weight excluding hydrogens is 633 g/mol. The van der Waals surface area contributed by atoms with Crippen molar-refractivity contribution in [2.75, 3.05) is 18.5 Å². The molecule has 1 fully saturated rings. The topological polar surface area (TPSA) is 130 Å². The van der Waals surface area contributed by atoms with Crippen LogP contribution < -0.4 is 15.5 Å². The maximum absolute atomic E-state index is 15.4. The van der Waals surface area contributed by atoms with Gasteiger partial charge >= 0.3 is 0 Å². The van der Waals surface area contributed by atoms with E-state index in [4.69, 9.17) is 4.84 Å². The van der Waals surface area contributed by atoms with Crippen molar-refractivity contribution in [1.29, 1.82) is 0 Å². The number of rotatable bonds is 12. The average Bonchev–Trinajstić information content (AvgIpc) is 3.72. The molecule has 0 radical (unpaired) electrons. The Morgan fingerprint density at radius 1 is 1.13 bits per heavy atom. The normalized spacial score (nSPS) is 14.2. The molecule has 38 heavy (non-hydrogen) atoms. The summed E-state index contributed by atoms with van der Waals surface area (Å²) in [6.45, 7) is -0.131. The lowest BCUT2D eigenvalue weighted by Crippen LogP contribution is -2.31. The molecule has 0 saturated heterocycles. The zero-order valence-electron chi connectivity index (χ0n) is 20.0. The molecule has 2 aromatic carbocycles. The van der Waals surface area contributed by atoms with Crippen molar-refractivity contribution in [2.45, 2.75) is 30.2 Å². The quantitative estimate of drug-likeness (QED) is 0.170. The number of sulfonamides is 1. The minimum Gasteiger partial charge on any atom is -0.396 e. The minimum absolute atomic E-state index is 0.0395. The Hall–Kier alpha value is -2.72. The van der Waals surface area contributed by atoms with Crippen LogP contribution in [0.25, 0.3) is 0 Å². The molecule has 1 unspecified atom stereocenters. The van der Waals surface area contributed by atoms with E-state index in [1.54, 1.807) is 24.3 Å². The van der Waals surface area contributed by atoms with Crippen molar-refractivity contribution in [3.8, 4) is 0 Å². The number of aliphatic hydroxyl groups excluding tert-OH is 1. The predicted octanol–water partition coefficient (Wildman–Crippen LogP) is 4.18. The van der Waals surface area contributed by atoms with Gasteiger partial charge in [-0.15, -0.1) is 0 Å². The third-order valence-electron chi connectivity index (χ3n) is 5.83. The zero-order chi connectivity index (χ0) is 27.3. The molecule has 1 aliphatic rings. The second kappa shape index (κ2) is 12.4. The summed E-state index contributed by atoms with van der Waals surface area (Å²) in [6.07, 6.45) is 4.75. The lowest BCUT2D eigenvalue weighted by molar-refractivity contribution is 0.0270. The summed E-state index contributed by atoms with van der Waals surface area (Å²) >= 11 is 2.08. The summed E-state index contributed by atoms with van der Waals surface area (Å²) in [5, 5.41) is 12.1. The van der Waals surface area contributed by atoms with Gasteiger partial charge in [0, 0.05) is 34.3 Å². The number of benzene rings is 2. The Kier molecular flexibility index (Phi) is 9.25. The van der Waals surface area contributed by atoms with Gasteiger partial charge in [0.1, 0.15) is 4.90 Å². The second-order valence-corrected chi connectivity index (χ2v) is 11.6. The highest BCUT2D eigenvalue weighted by molar-refractivity contribution is 14.1. The van der Waals surface area contributed by atoms with Crippen molar-refractivity contribution in [3.05, 3.63) is 81.2 Å². The van der Waals surface area contributed by atoms with E-state index in [1.807, 2.05) is 0 Å². The van der Waals surface area contributed by atoms with Gasteiger partial charge in [0.15, 0.2) is 11.6 Å². The van der Waals surface area contributed by atoms with Crippen molar-refractivity contribution < 1.29 is 31.9 Å². The third-order valence-corrected chi connectivity index (χ3v) is 8.02. The first-order valence-corrected chi connectivity index (χ1v) is 14.3. The number of carbonyl (C=O) groups is 1. The first kappa shape index (κ1) is 28.3. The van der Waals surface area contributed by atoms with E-state index >= 15 is 8.78 Å². The number of aliphatic hydroxyl groups is 1. The molecule has 202 valence electrons. The van der Waals surface area contributed by atoms with Crippen LogP contribution in [0.2, 0.25) is 0 Å². The summed E-state index contributed by atoms with van der Waals surface area (Å²) in [5.74, 6) is -3.86. The average molecular weight is 658 g/mol. The number of nitrogens with zero attached hydrogens (tertiary/aromatic N) is 1.